The number of nitrogens with zero attached hydrogens (tertiary/aromatic N) is 2. The van der Waals surface area contributed by atoms with E-state index >= 15 is 0 Å². The molecule has 0 amide bonds. The van der Waals surface area contributed by atoms with Gasteiger partial charge in [-0.25, -0.2) is 0 Å². The lowest BCUT2D eigenvalue weighted by atomic mass is 9.79. The Bertz CT molecular complexity index is 435. The molecule has 1 aliphatic carbocycles. The predicted molar refractivity (Wildman–Crippen MR) is 101 cm³/mol. The van der Waals surface area contributed by atoms with E-state index in [1.807, 2.05) is 0 Å². The summed E-state index contributed by atoms with van der Waals surface area (Å²) in [6.07, 6.45) is 5.06. The summed E-state index contributed by atoms with van der Waals surface area (Å²) in [4.78, 5) is 6.84. The number of benzene rings is 1. The van der Waals surface area contributed by atoms with Crippen LogP contribution in [-0.2, 0) is 5.41 Å². The predicted octanol–water partition coefficient (Wildman–Crippen LogP) is 3.77. The van der Waals surface area contributed by atoms with Crippen molar-refractivity contribution in [3.8, 4) is 0 Å². The summed E-state index contributed by atoms with van der Waals surface area (Å²) in [5, 5.41) is 0. The van der Waals surface area contributed by atoms with Crippen LogP contribution in [0.25, 0.3) is 0 Å². The summed E-state index contributed by atoms with van der Waals surface area (Å²) < 4.78 is 0. The lowest BCUT2D eigenvalue weighted by Gasteiger charge is -2.29. The van der Waals surface area contributed by atoms with Crippen LogP contribution >= 0.6 is 24.0 Å². The molecule has 0 unspecified atom stereocenters. The summed E-state index contributed by atoms with van der Waals surface area (Å²) in [7, 11) is 0. The van der Waals surface area contributed by atoms with E-state index in [0.717, 1.165) is 19.6 Å². The van der Waals surface area contributed by atoms with Crippen LogP contribution in [0.2, 0.25) is 0 Å². The van der Waals surface area contributed by atoms with Gasteiger partial charge in [0.1, 0.15) is 0 Å². The SMILES string of the molecule is CCN(CC)C(N)=NCC1(c2ccccc2)CCCC1.I. The molecule has 1 aromatic carbocycles. The molecule has 0 heterocycles. The second kappa shape index (κ2) is 8.61. The standard InChI is InChI=1S/C17H27N3.HI/c1-3-20(4-2)16(18)19-14-17(12-8-9-13-17)15-10-6-5-7-11-15;/h5-7,10-11H,3-4,8-9,12-14H2,1-2H3,(H2,18,19);1H. The molecule has 2 rings (SSSR count). The molecule has 0 aliphatic heterocycles. The molecule has 1 saturated carbocycles. The molecular weight excluding hydrogens is 373 g/mol. The molecule has 0 radical (unpaired) electrons. The van der Waals surface area contributed by atoms with Crippen molar-refractivity contribution in [2.75, 3.05) is 19.6 Å². The third-order valence-electron chi connectivity index (χ3n) is 4.58. The van der Waals surface area contributed by atoms with Crippen LogP contribution in [0.5, 0.6) is 0 Å². The van der Waals surface area contributed by atoms with Crippen molar-refractivity contribution in [3.05, 3.63) is 35.9 Å². The van der Waals surface area contributed by atoms with E-state index in [-0.39, 0.29) is 29.4 Å². The molecule has 0 atom stereocenters. The van der Waals surface area contributed by atoms with Crippen molar-refractivity contribution in [1.82, 2.24) is 4.90 Å². The first kappa shape index (κ1) is 18.3. The Morgan fingerprint density at radius 1 is 1.14 bits per heavy atom. The average molecular weight is 401 g/mol. The molecule has 0 bridgehead atoms. The average Bonchev–Trinajstić information content (AvgIpc) is 2.97. The van der Waals surface area contributed by atoms with Crippen LogP contribution in [0, 0.1) is 0 Å². The van der Waals surface area contributed by atoms with Gasteiger partial charge in [0.15, 0.2) is 5.96 Å². The highest BCUT2D eigenvalue weighted by atomic mass is 127. The Labute approximate surface area is 146 Å². The van der Waals surface area contributed by atoms with Gasteiger partial charge in [0, 0.05) is 18.5 Å². The molecule has 4 heteroatoms. The molecule has 118 valence electrons. The molecule has 1 fully saturated rings. The Hall–Kier alpha value is -0.780. The maximum absolute atomic E-state index is 6.13. The number of halogens is 1. The lowest BCUT2D eigenvalue weighted by molar-refractivity contribution is 0.432. The van der Waals surface area contributed by atoms with Crippen LogP contribution in [0.3, 0.4) is 0 Å². The van der Waals surface area contributed by atoms with E-state index in [9.17, 15) is 0 Å². The Balaban J connectivity index is 0.00000220. The summed E-state index contributed by atoms with van der Waals surface area (Å²) in [6, 6.07) is 10.8. The maximum atomic E-state index is 6.13. The Kier molecular flexibility index (Phi) is 7.49. The molecule has 0 aromatic heterocycles. The van der Waals surface area contributed by atoms with Crippen molar-refractivity contribution < 1.29 is 0 Å². The van der Waals surface area contributed by atoms with Crippen LogP contribution in [0.15, 0.2) is 35.3 Å². The molecule has 21 heavy (non-hydrogen) atoms. The number of guanidine groups is 1. The van der Waals surface area contributed by atoms with Crippen molar-refractivity contribution in [3.63, 3.8) is 0 Å². The highest BCUT2D eigenvalue weighted by molar-refractivity contribution is 14.0. The van der Waals surface area contributed by atoms with Crippen molar-refractivity contribution in [1.29, 1.82) is 0 Å². The summed E-state index contributed by atoms with van der Waals surface area (Å²) in [5.74, 6) is 0.692. The summed E-state index contributed by atoms with van der Waals surface area (Å²) in [6.45, 7) is 6.90. The molecule has 0 saturated heterocycles. The van der Waals surface area contributed by atoms with Crippen LogP contribution < -0.4 is 5.73 Å². The van der Waals surface area contributed by atoms with Gasteiger partial charge in [-0.15, -0.1) is 24.0 Å². The Morgan fingerprint density at radius 2 is 1.71 bits per heavy atom. The molecule has 3 nitrogen and oxygen atoms in total. The third-order valence-corrected chi connectivity index (χ3v) is 4.58. The number of aliphatic imine (C=N–C) groups is 1. The van der Waals surface area contributed by atoms with Gasteiger partial charge < -0.3 is 10.6 Å². The minimum Gasteiger partial charge on any atom is -0.370 e. The zero-order valence-electron chi connectivity index (χ0n) is 13.2. The number of nitrogens with two attached hydrogens (primary N) is 1. The lowest BCUT2D eigenvalue weighted by Crippen LogP contribution is -2.38. The van der Waals surface area contributed by atoms with Gasteiger partial charge in [-0.2, -0.15) is 0 Å². The molecule has 2 N–H and O–H groups in total. The van der Waals surface area contributed by atoms with E-state index in [1.54, 1.807) is 0 Å². The zero-order chi connectivity index (χ0) is 14.4. The fourth-order valence-electron chi connectivity index (χ4n) is 3.26. The van der Waals surface area contributed by atoms with E-state index in [1.165, 1.54) is 31.2 Å². The normalized spacial score (nSPS) is 17.3. The second-order valence-electron chi connectivity index (χ2n) is 5.70. The van der Waals surface area contributed by atoms with Gasteiger partial charge in [-0.3, -0.25) is 4.99 Å². The maximum Gasteiger partial charge on any atom is 0.191 e. The molecule has 0 spiro atoms. The highest BCUT2D eigenvalue weighted by Gasteiger charge is 2.35. The van der Waals surface area contributed by atoms with Gasteiger partial charge in [0.2, 0.25) is 0 Å². The fraction of sp³-hybridized carbons (Fsp3) is 0.588. The first-order valence-electron chi connectivity index (χ1n) is 7.82. The van der Waals surface area contributed by atoms with Crippen molar-refractivity contribution >= 4 is 29.9 Å². The number of hydrogen-bond acceptors (Lipinski definition) is 1. The van der Waals surface area contributed by atoms with Gasteiger partial charge in [0.05, 0.1) is 6.54 Å². The van der Waals surface area contributed by atoms with E-state index in [4.69, 9.17) is 10.7 Å². The topological polar surface area (TPSA) is 41.6 Å². The van der Waals surface area contributed by atoms with Crippen molar-refractivity contribution in [2.45, 2.75) is 44.9 Å². The zero-order valence-corrected chi connectivity index (χ0v) is 15.5. The minimum absolute atomic E-state index is 0. The van der Waals surface area contributed by atoms with E-state index < -0.39 is 0 Å². The Morgan fingerprint density at radius 3 is 2.24 bits per heavy atom. The van der Waals surface area contributed by atoms with Crippen LogP contribution in [0.1, 0.15) is 45.1 Å². The molecule has 1 aromatic rings. The van der Waals surface area contributed by atoms with E-state index in [2.05, 4.69) is 49.1 Å². The highest BCUT2D eigenvalue weighted by Crippen LogP contribution is 2.41. The van der Waals surface area contributed by atoms with Gasteiger partial charge >= 0.3 is 0 Å². The van der Waals surface area contributed by atoms with Crippen LogP contribution in [-0.4, -0.2) is 30.5 Å². The fourth-order valence-corrected chi connectivity index (χ4v) is 3.26. The monoisotopic (exact) mass is 401 g/mol. The van der Waals surface area contributed by atoms with Gasteiger partial charge in [0.25, 0.3) is 0 Å². The quantitative estimate of drug-likeness (QED) is 0.464. The number of hydrogen-bond donors (Lipinski definition) is 1. The smallest absolute Gasteiger partial charge is 0.191 e. The number of rotatable bonds is 5. The molecule has 1 aliphatic rings. The first-order valence-corrected chi connectivity index (χ1v) is 7.82. The largest absolute Gasteiger partial charge is 0.370 e. The van der Waals surface area contributed by atoms with Gasteiger partial charge in [-0.05, 0) is 32.3 Å². The van der Waals surface area contributed by atoms with Crippen molar-refractivity contribution in [2.24, 2.45) is 10.7 Å². The first-order chi connectivity index (χ1) is 9.72. The van der Waals surface area contributed by atoms with Crippen LogP contribution in [0.4, 0.5) is 0 Å². The minimum atomic E-state index is 0. The second-order valence-corrected chi connectivity index (χ2v) is 5.70. The van der Waals surface area contributed by atoms with E-state index in [0.29, 0.717) is 5.96 Å². The molecular formula is C17H28IN3. The summed E-state index contributed by atoms with van der Waals surface area (Å²) >= 11 is 0. The van der Waals surface area contributed by atoms with Gasteiger partial charge in [-0.1, -0.05) is 43.2 Å². The summed E-state index contributed by atoms with van der Waals surface area (Å²) in [5.41, 5.74) is 7.76. The third kappa shape index (κ3) is 4.34.